The molecule has 0 atom stereocenters. The molecular formula is C18H18N2O2S. The van der Waals surface area contributed by atoms with Gasteiger partial charge in [0.25, 0.3) is 0 Å². The molecule has 0 aliphatic carbocycles. The monoisotopic (exact) mass is 326 g/mol. The quantitative estimate of drug-likeness (QED) is 0.723. The molecule has 4 nitrogen and oxygen atoms in total. The van der Waals surface area contributed by atoms with Crippen molar-refractivity contribution in [1.82, 2.24) is 4.98 Å². The summed E-state index contributed by atoms with van der Waals surface area (Å²) in [5.74, 6) is 1.41. The van der Waals surface area contributed by atoms with E-state index in [1.807, 2.05) is 42.5 Å². The van der Waals surface area contributed by atoms with Crippen molar-refractivity contribution in [3.63, 3.8) is 0 Å². The van der Waals surface area contributed by atoms with Crippen LogP contribution < -0.4 is 15.2 Å². The summed E-state index contributed by atoms with van der Waals surface area (Å²) in [5.41, 5.74) is 9.60. The molecule has 0 aliphatic heterocycles. The van der Waals surface area contributed by atoms with Gasteiger partial charge in [-0.2, -0.15) is 0 Å². The number of aryl methyl sites for hydroxylation is 1. The number of rotatable bonds is 4. The van der Waals surface area contributed by atoms with Crippen LogP contribution in [0.25, 0.3) is 21.8 Å². The molecule has 0 spiro atoms. The highest BCUT2D eigenvalue weighted by Crippen LogP contribution is 2.37. The molecule has 0 aliphatic rings. The molecule has 0 bridgehead atoms. The number of aromatic nitrogens is 1. The lowest BCUT2D eigenvalue weighted by atomic mass is 10.1. The van der Waals surface area contributed by atoms with Gasteiger partial charge in [0.2, 0.25) is 0 Å². The van der Waals surface area contributed by atoms with Gasteiger partial charge in [-0.15, -0.1) is 11.3 Å². The Bertz CT molecular complexity index is 843. The van der Waals surface area contributed by atoms with Gasteiger partial charge < -0.3 is 15.2 Å². The van der Waals surface area contributed by atoms with Crippen molar-refractivity contribution < 1.29 is 9.47 Å². The summed E-state index contributed by atoms with van der Waals surface area (Å²) in [6, 6.07) is 13.6. The second-order valence-corrected chi connectivity index (χ2v) is 6.32. The van der Waals surface area contributed by atoms with Gasteiger partial charge in [0.15, 0.2) is 11.5 Å². The lowest BCUT2D eigenvalue weighted by molar-refractivity contribution is 0.355. The zero-order chi connectivity index (χ0) is 16.4. The summed E-state index contributed by atoms with van der Waals surface area (Å²) in [4.78, 5) is 5.94. The first-order valence-corrected chi connectivity index (χ1v) is 7.99. The predicted molar refractivity (Wildman–Crippen MR) is 95.2 cm³/mol. The molecule has 0 saturated carbocycles. The van der Waals surface area contributed by atoms with Crippen LogP contribution in [-0.4, -0.2) is 19.2 Å². The standard InChI is InChI=1S/C18H18N2O2S/c1-11-17(12-7-8-15(21-2)16(10-12)22-3)20-18(23-11)13-5-4-6-14(19)9-13/h4-10H,19H2,1-3H3. The molecule has 0 saturated heterocycles. The Morgan fingerprint density at radius 3 is 2.43 bits per heavy atom. The number of nitrogens with two attached hydrogens (primary N) is 1. The fourth-order valence-electron chi connectivity index (χ4n) is 2.44. The maximum atomic E-state index is 5.87. The molecule has 23 heavy (non-hydrogen) atoms. The zero-order valence-electron chi connectivity index (χ0n) is 13.3. The second kappa shape index (κ2) is 6.30. The van der Waals surface area contributed by atoms with Crippen molar-refractivity contribution in [2.24, 2.45) is 0 Å². The molecule has 2 aromatic carbocycles. The molecule has 118 valence electrons. The summed E-state index contributed by atoms with van der Waals surface area (Å²) < 4.78 is 10.7. The highest BCUT2D eigenvalue weighted by Gasteiger charge is 2.14. The first-order chi connectivity index (χ1) is 11.1. The number of anilines is 1. The number of nitrogens with zero attached hydrogens (tertiary/aromatic N) is 1. The minimum absolute atomic E-state index is 0.697. The summed E-state index contributed by atoms with van der Waals surface area (Å²) >= 11 is 1.66. The van der Waals surface area contributed by atoms with Crippen LogP contribution in [0.2, 0.25) is 0 Å². The molecule has 5 heteroatoms. The van der Waals surface area contributed by atoms with Gasteiger partial charge in [0.05, 0.1) is 19.9 Å². The van der Waals surface area contributed by atoms with Crippen LogP contribution in [-0.2, 0) is 0 Å². The third-order valence-corrected chi connectivity index (χ3v) is 4.61. The number of hydrogen-bond acceptors (Lipinski definition) is 5. The van der Waals surface area contributed by atoms with Crippen molar-refractivity contribution >= 4 is 17.0 Å². The van der Waals surface area contributed by atoms with Gasteiger partial charge in [-0.1, -0.05) is 12.1 Å². The van der Waals surface area contributed by atoms with Crippen LogP contribution in [0.3, 0.4) is 0 Å². The smallest absolute Gasteiger partial charge is 0.161 e. The van der Waals surface area contributed by atoms with Gasteiger partial charge in [0, 0.05) is 21.7 Å². The number of ether oxygens (including phenoxy) is 2. The summed E-state index contributed by atoms with van der Waals surface area (Å²) in [6.07, 6.45) is 0. The fraction of sp³-hybridized carbons (Fsp3) is 0.167. The Labute approximate surface area is 139 Å². The normalized spacial score (nSPS) is 10.6. The Morgan fingerprint density at radius 2 is 1.74 bits per heavy atom. The van der Waals surface area contributed by atoms with Gasteiger partial charge in [-0.05, 0) is 37.3 Å². The van der Waals surface area contributed by atoms with Gasteiger partial charge >= 0.3 is 0 Å². The van der Waals surface area contributed by atoms with Crippen molar-refractivity contribution in [2.45, 2.75) is 6.92 Å². The van der Waals surface area contributed by atoms with Gasteiger partial charge in [-0.25, -0.2) is 4.98 Å². The lowest BCUT2D eigenvalue weighted by Gasteiger charge is -2.08. The number of hydrogen-bond donors (Lipinski definition) is 1. The Balaban J connectivity index is 2.05. The van der Waals surface area contributed by atoms with E-state index in [2.05, 4.69) is 6.92 Å². The molecule has 0 radical (unpaired) electrons. The SMILES string of the molecule is COc1ccc(-c2nc(-c3cccc(N)c3)sc2C)cc1OC. The Morgan fingerprint density at radius 1 is 0.957 bits per heavy atom. The molecular weight excluding hydrogens is 308 g/mol. The summed E-state index contributed by atoms with van der Waals surface area (Å²) in [7, 11) is 3.26. The highest BCUT2D eigenvalue weighted by atomic mass is 32.1. The van der Waals surface area contributed by atoms with E-state index >= 15 is 0 Å². The third kappa shape index (κ3) is 3.00. The first kappa shape index (κ1) is 15.4. The zero-order valence-corrected chi connectivity index (χ0v) is 14.1. The fourth-order valence-corrected chi connectivity index (χ4v) is 3.37. The molecule has 2 N–H and O–H groups in total. The molecule has 3 aromatic rings. The summed E-state index contributed by atoms with van der Waals surface area (Å²) in [6.45, 7) is 2.07. The highest BCUT2D eigenvalue weighted by molar-refractivity contribution is 7.15. The van der Waals surface area contributed by atoms with E-state index in [4.69, 9.17) is 20.2 Å². The van der Waals surface area contributed by atoms with Crippen LogP contribution in [0.5, 0.6) is 11.5 Å². The predicted octanol–water partition coefficient (Wildman–Crippen LogP) is 4.38. The average Bonchev–Trinajstić information content (AvgIpc) is 2.96. The van der Waals surface area contributed by atoms with Crippen LogP contribution in [0, 0.1) is 6.92 Å². The minimum Gasteiger partial charge on any atom is -0.493 e. The van der Waals surface area contributed by atoms with E-state index in [9.17, 15) is 0 Å². The number of methoxy groups -OCH3 is 2. The van der Waals surface area contributed by atoms with Crippen LogP contribution >= 0.6 is 11.3 Å². The number of thiazole rings is 1. The van der Waals surface area contributed by atoms with E-state index in [1.165, 1.54) is 0 Å². The molecule has 0 amide bonds. The molecule has 3 rings (SSSR count). The number of benzene rings is 2. The topological polar surface area (TPSA) is 57.4 Å². The maximum absolute atomic E-state index is 5.87. The Hall–Kier alpha value is -2.53. The van der Waals surface area contributed by atoms with Gasteiger partial charge in [0.1, 0.15) is 5.01 Å². The molecule has 0 fully saturated rings. The average molecular weight is 326 g/mol. The van der Waals surface area contributed by atoms with Crippen molar-refractivity contribution in [1.29, 1.82) is 0 Å². The van der Waals surface area contributed by atoms with E-state index in [0.29, 0.717) is 11.5 Å². The van der Waals surface area contributed by atoms with Crippen LogP contribution in [0.15, 0.2) is 42.5 Å². The minimum atomic E-state index is 0.697. The first-order valence-electron chi connectivity index (χ1n) is 7.18. The van der Waals surface area contributed by atoms with Crippen molar-refractivity contribution in [2.75, 3.05) is 20.0 Å². The lowest BCUT2D eigenvalue weighted by Crippen LogP contribution is -1.91. The molecule has 0 unspecified atom stereocenters. The van der Waals surface area contributed by atoms with E-state index < -0.39 is 0 Å². The Kier molecular flexibility index (Phi) is 4.21. The van der Waals surface area contributed by atoms with E-state index in [1.54, 1.807) is 25.6 Å². The van der Waals surface area contributed by atoms with Gasteiger partial charge in [-0.3, -0.25) is 0 Å². The second-order valence-electron chi connectivity index (χ2n) is 5.12. The molecule has 1 aromatic heterocycles. The van der Waals surface area contributed by atoms with Crippen LogP contribution in [0.4, 0.5) is 5.69 Å². The number of nitrogen functional groups attached to an aromatic ring is 1. The van der Waals surface area contributed by atoms with E-state index in [0.717, 1.165) is 32.4 Å². The van der Waals surface area contributed by atoms with Crippen LogP contribution in [0.1, 0.15) is 4.88 Å². The molecule has 1 heterocycles. The van der Waals surface area contributed by atoms with E-state index in [-0.39, 0.29) is 0 Å². The third-order valence-electron chi connectivity index (χ3n) is 3.59. The largest absolute Gasteiger partial charge is 0.493 e. The van der Waals surface area contributed by atoms with Crippen molar-refractivity contribution in [3.8, 4) is 33.3 Å². The maximum Gasteiger partial charge on any atom is 0.161 e. The summed E-state index contributed by atoms with van der Waals surface area (Å²) in [5, 5.41) is 0.958. The van der Waals surface area contributed by atoms with Crippen molar-refractivity contribution in [3.05, 3.63) is 47.3 Å².